The highest BCUT2D eigenvalue weighted by molar-refractivity contribution is 5.76. The number of nitrogens with zero attached hydrogens (tertiary/aromatic N) is 1. The largest absolute Gasteiger partial charge is 0.469 e. The van der Waals surface area contributed by atoms with Crippen molar-refractivity contribution in [3.63, 3.8) is 0 Å². The smallest absolute Gasteiger partial charge is 0.227 e. The molecule has 0 aliphatic rings. The summed E-state index contributed by atoms with van der Waals surface area (Å²) in [6.45, 7) is 4.43. The van der Waals surface area contributed by atoms with E-state index in [4.69, 9.17) is 4.42 Å². The number of furan rings is 1. The number of hydrogen-bond acceptors (Lipinski definition) is 4. The van der Waals surface area contributed by atoms with Crippen LogP contribution >= 0.6 is 0 Å². The van der Waals surface area contributed by atoms with Crippen LogP contribution in [0.4, 0.5) is 0 Å². The van der Waals surface area contributed by atoms with Crippen molar-refractivity contribution in [3.8, 4) is 0 Å². The highest BCUT2D eigenvalue weighted by Gasteiger charge is 2.43. The summed E-state index contributed by atoms with van der Waals surface area (Å²) in [5.41, 5.74) is -1.22. The monoisotopic (exact) mass is 225 g/mol. The first kappa shape index (κ1) is 12.4. The third-order valence-electron chi connectivity index (χ3n) is 2.70. The molecule has 0 unspecified atom stereocenters. The molecule has 0 aliphatic carbocycles. The van der Waals surface area contributed by atoms with Gasteiger partial charge >= 0.3 is 0 Å². The second-order valence-electron chi connectivity index (χ2n) is 4.38. The molecule has 0 fully saturated rings. The van der Waals surface area contributed by atoms with Gasteiger partial charge in [0.1, 0.15) is 11.5 Å². The van der Waals surface area contributed by atoms with Crippen molar-refractivity contribution in [2.75, 3.05) is 0 Å². The Bertz CT molecular complexity index is 381. The number of carbonyl (C=O) groups is 1. The van der Waals surface area contributed by atoms with Gasteiger partial charge in [0.05, 0.1) is 12.2 Å². The lowest BCUT2D eigenvalue weighted by Crippen LogP contribution is -2.38. The molecule has 0 bridgehead atoms. The maximum absolute atomic E-state index is 11.2. The lowest BCUT2D eigenvalue weighted by atomic mass is 9.82. The molecule has 0 aliphatic heterocycles. The highest BCUT2D eigenvalue weighted by atomic mass is 16.6. The predicted molar refractivity (Wildman–Crippen MR) is 57.8 cm³/mol. The van der Waals surface area contributed by atoms with E-state index in [0.717, 1.165) is 0 Å². The number of hydrogen-bond donors (Lipinski definition) is 0. The zero-order chi connectivity index (χ0) is 12.3. The molecule has 16 heavy (non-hydrogen) atoms. The Hall–Kier alpha value is -1.65. The molecule has 0 saturated carbocycles. The summed E-state index contributed by atoms with van der Waals surface area (Å²) < 4.78 is 5.18. The van der Waals surface area contributed by atoms with Gasteiger partial charge < -0.3 is 4.42 Å². The van der Waals surface area contributed by atoms with E-state index in [1.807, 2.05) is 0 Å². The first-order chi connectivity index (χ1) is 7.35. The Morgan fingerprint density at radius 3 is 2.62 bits per heavy atom. The van der Waals surface area contributed by atoms with Crippen molar-refractivity contribution in [1.82, 2.24) is 0 Å². The van der Waals surface area contributed by atoms with Gasteiger partial charge in [0.2, 0.25) is 5.54 Å². The van der Waals surface area contributed by atoms with Crippen LogP contribution in [0.3, 0.4) is 0 Å². The zero-order valence-electron chi connectivity index (χ0n) is 9.60. The van der Waals surface area contributed by atoms with Gasteiger partial charge in [-0.15, -0.1) is 0 Å². The van der Waals surface area contributed by atoms with Crippen LogP contribution in [-0.4, -0.2) is 16.2 Å². The number of nitro groups is 1. The molecule has 1 atom stereocenters. The zero-order valence-corrected chi connectivity index (χ0v) is 9.60. The average molecular weight is 225 g/mol. The minimum absolute atomic E-state index is 0.0867. The van der Waals surface area contributed by atoms with E-state index in [1.165, 1.54) is 27.0 Å². The van der Waals surface area contributed by atoms with Gasteiger partial charge in [0.15, 0.2) is 0 Å². The predicted octanol–water partition coefficient (Wildman–Crippen LogP) is 2.40. The Balaban J connectivity index is 3.06. The minimum Gasteiger partial charge on any atom is -0.469 e. The van der Waals surface area contributed by atoms with Crippen LogP contribution in [0.5, 0.6) is 0 Å². The lowest BCUT2D eigenvalue weighted by Gasteiger charge is -2.24. The topological polar surface area (TPSA) is 73.3 Å². The fourth-order valence-electron chi connectivity index (χ4n) is 1.60. The average Bonchev–Trinajstić information content (AvgIpc) is 2.65. The maximum atomic E-state index is 11.2. The molecule has 0 radical (unpaired) electrons. The number of Topliss-reactive ketones (excluding diaryl/α,β-unsaturated/α-hetero) is 1. The summed E-state index contributed by atoms with van der Waals surface area (Å²) in [7, 11) is 0. The van der Waals surface area contributed by atoms with Crippen LogP contribution < -0.4 is 0 Å². The van der Waals surface area contributed by atoms with E-state index in [0.29, 0.717) is 5.76 Å². The third-order valence-corrected chi connectivity index (χ3v) is 2.70. The molecule has 1 aromatic heterocycles. The van der Waals surface area contributed by atoms with E-state index < -0.39 is 11.5 Å². The van der Waals surface area contributed by atoms with Crippen LogP contribution in [0.2, 0.25) is 0 Å². The van der Waals surface area contributed by atoms with Crippen LogP contribution in [0, 0.1) is 10.1 Å². The van der Waals surface area contributed by atoms with E-state index in [-0.39, 0.29) is 17.1 Å². The first-order valence-electron chi connectivity index (χ1n) is 5.03. The summed E-state index contributed by atoms with van der Waals surface area (Å²) in [6, 6.07) is 3.33. The van der Waals surface area contributed by atoms with Crippen molar-refractivity contribution in [3.05, 3.63) is 34.3 Å². The molecule has 0 spiro atoms. The number of rotatable bonds is 5. The molecular formula is C11H15NO4. The van der Waals surface area contributed by atoms with Gasteiger partial charge in [0, 0.05) is 25.2 Å². The molecule has 0 aromatic carbocycles. The third kappa shape index (κ3) is 2.48. The highest BCUT2D eigenvalue weighted by Crippen LogP contribution is 2.34. The van der Waals surface area contributed by atoms with Gasteiger partial charge in [-0.3, -0.25) is 14.9 Å². The Labute approximate surface area is 93.6 Å². The molecular weight excluding hydrogens is 210 g/mol. The summed E-state index contributed by atoms with van der Waals surface area (Å²) in [4.78, 5) is 21.8. The van der Waals surface area contributed by atoms with Gasteiger partial charge in [-0.25, -0.2) is 0 Å². The van der Waals surface area contributed by atoms with Gasteiger partial charge in [-0.1, -0.05) is 0 Å². The molecule has 5 nitrogen and oxygen atoms in total. The normalized spacial score (nSPS) is 13.4. The fourth-order valence-corrected chi connectivity index (χ4v) is 1.60. The summed E-state index contributed by atoms with van der Waals surface area (Å²) in [5.74, 6) is -0.136. The summed E-state index contributed by atoms with van der Waals surface area (Å²) in [6.07, 6.45) is 1.57. The fraction of sp³-hybridized carbons (Fsp3) is 0.545. The second kappa shape index (κ2) is 4.47. The first-order valence-corrected chi connectivity index (χ1v) is 5.03. The van der Waals surface area contributed by atoms with Gasteiger partial charge in [-0.2, -0.15) is 0 Å². The minimum atomic E-state index is -1.22. The van der Waals surface area contributed by atoms with Crippen molar-refractivity contribution < 1.29 is 14.1 Å². The van der Waals surface area contributed by atoms with Crippen LogP contribution in [0.15, 0.2) is 22.8 Å². The van der Waals surface area contributed by atoms with E-state index in [9.17, 15) is 14.9 Å². The van der Waals surface area contributed by atoms with Crippen molar-refractivity contribution in [2.24, 2.45) is 0 Å². The van der Waals surface area contributed by atoms with Gasteiger partial charge in [-0.05, 0) is 19.1 Å². The molecule has 0 N–H and O–H groups in total. The molecule has 5 heteroatoms. The molecule has 1 rings (SSSR count). The van der Waals surface area contributed by atoms with E-state index >= 15 is 0 Å². The van der Waals surface area contributed by atoms with Gasteiger partial charge in [0.25, 0.3) is 0 Å². The second-order valence-corrected chi connectivity index (χ2v) is 4.38. The lowest BCUT2D eigenvalue weighted by molar-refractivity contribution is -0.565. The maximum Gasteiger partial charge on any atom is 0.227 e. The van der Waals surface area contributed by atoms with E-state index in [1.54, 1.807) is 12.1 Å². The summed E-state index contributed by atoms with van der Waals surface area (Å²) in [5, 5.41) is 11.0. The quantitative estimate of drug-likeness (QED) is 0.569. The molecule has 1 aromatic rings. The van der Waals surface area contributed by atoms with Crippen LogP contribution in [-0.2, 0) is 4.79 Å². The van der Waals surface area contributed by atoms with Crippen LogP contribution in [0.1, 0.15) is 38.9 Å². The molecule has 0 saturated heterocycles. The Kier molecular flexibility index (Phi) is 3.47. The van der Waals surface area contributed by atoms with E-state index in [2.05, 4.69) is 0 Å². The molecule has 88 valence electrons. The molecule has 1 heterocycles. The number of carbonyl (C=O) groups excluding carboxylic acids is 1. The van der Waals surface area contributed by atoms with Crippen molar-refractivity contribution in [1.29, 1.82) is 0 Å². The number of ketones is 1. The SMILES string of the molecule is CC(=O)C[C@H](c1ccco1)C(C)(C)[N+](=O)[O-]. The Morgan fingerprint density at radius 2 is 2.25 bits per heavy atom. The standard InChI is InChI=1S/C11H15NO4/c1-8(13)7-9(10-5-4-6-16-10)11(2,3)12(14)15/h4-6,9H,7H2,1-3H3/t9-/m1/s1. The summed E-state index contributed by atoms with van der Waals surface area (Å²) >= 11 is 0. The van der Waals surface area contributed by atoms with Crippen LogP contribution in [0.25, 0.3) is 0 Å². The molecule has 0 amide bonds. The van der Waals surface area contributed by atoms with Crippen molar-refractivity contribution in [2.45, 2.75) is 38.6 Å². The Morgan fingerprint density at radius 1 is 1.62 bits per heavy atom. The van der Waals surface area contributed by atoms with Crippen molar-refractivity contribution >= 4 is 5.78 Å².